The molecule has 3 aromatic rings. The lowest BCUT2D eigenvalue weighted by atomic mass is 9.85. The van der Waals surface area contributed by atoms with Gasteiger partial charge in [0.05, 0.1) is 35.1 Å². The Labute approximate surface area is 305 Å². The number of nitrogens with zero attached hydrogens (tertiary/aromatic N) is 5. The molecular weight excluding hydrogens is 670 g/mol. The number of aromatic nitrogens is 2. The second-order valence-corrected chi connectivity index (χ2v) is 14.8. The molecule has 13 nitrogen and oxygen atoms in total. The van der Waals surface area contributed by atoms with Gasteiger partial charge in [-0.2, -0.15) is 0 Å². The highest BCUT2D eigenvalue weighted by Gasteiger charge is 2.42. The van der Waals surface area contributed by atoms with Crippen LogP contribution in [0.25, 0.3) is 10.9 Å². The number of ether oxygens (including phenoxy) is 1. The van der Waals surface area contributed by atoms with Gasteiger partial charge in [-0.05, 0) is 69.5 Å². The Hall–Kier alpha value is -4.20. The first-order chi connectivity index (χ1) is 24.3. The number of nitrogens with one attached hydrogen (secondary N) is 4. The fraction of sp³-hybridized carbons (Fsp3) is 0.541. The third-order valence-corrected chi connectivity index (χ3v) is 10.0. The number of halogens is 1. The summed E-state index contributed by atoms with van der Waals surface area (Å²) in [6, 6.07) is 7.43. The first-order valence-corrected chi connectivity index (χ1v) is 18.2. The number of likely N-dealkylation sites (N-methyl/N-ethyl adjacent to an activating group) is 1. The topological polar surface area (TPSA) is 144 Å². The van der Waals surface area contributed by atoms with Gasteiger partial charge in [-0.1, -0.05) is 39.3 Å². The molecule has 0 bridgehead atoms. The molecule has 0 radical (unpaired) electrons. The number of fused-ring (bicyclic) bond motifs is 1. The molecule has 2 aromatic carbocycles. The van der Waals surface area contributed by atoms with Crippen molar-refractivity contribution in [1.29, 1.82) is 0 Å². The number of anilines is 4. The Morgan fingerprint density at radius 3 is 2.45 bits per heavy atom. The van der Waals surface area contributed by atoms with Crippen LogP contribution in [0.2, 0.25) is 5.02 Å². The summed E-state index contributed by atoms with van der Waals surface area (Å²) in [6.45, 7) is 15.0. The molecule has 276 valence electrons. The standard InChI is InChI=1S/C37H52ClN9O4/c1-8-13-45-15-17-46(18-16-45)29-12-11-24(19-26(29)38)42-33-25-20-28(31(51-7)21-27(25)40-22-41-33)43-35(49)30-10-9-14-47(30)36(50)32(37(3,4)5)44-34(48)23(2)39-6/h11-12,19-23,30,32,39H,8-10,13-18H2,1-7H3,(H,43,49)(H,44,48)(H,40,41,42)/t23-,30-,32+/m0/s1. The summed E-state index contributed by atoms with van der Waals surface area (Å²) >= 11 is 6.81. The molecule has 2 aliphatic rings. The molecule has 3 heterocycles. The van der Waals surface area contributed by atoms with Crippen LogP contribution in [-0.4, -0.2) is 109 Å². The molecule has 2 fully saturated rings. The summed E-state index contributed by atoms with van der Waals surface area (Å²) in [5.74, 6) is 0.0459. The summed E-state index contributed by atoms with van der Waals surface area (Å²) in [5, 5.41) is 13.5. The van der Waals surface area contributed by atoms with Crippen molar-refractivity contribution in [3.63, 3.8) is 0 Å². The molecule has 3 amide bonds. The number of methoxy groups -OCH3 is 1. The Morgan fingerprint density at radius 1 is 1.06 bits per heavy atom. The monoisotopic (exact) mass is 721 g/mol. The van der Waals surface area contributed by atoms with Crippen LogP contribution in [0.15, 0.2) is 36.7 Å². The van der Waals surface area contributed by atoms with E-state index in [-0.39, 0.29) is 17.7 Å². The molecule has 3 atom stereocenters. The highest BCUT2D eigenvalue weighted by molar-refractivity contribution is 6.33. The average molecular weight is 722 g/mol. The van der Waals surface area contributed by atoms with E-state index in [1.165, 1.54) is 13.4 Å². The maximum absolute atomic E-state index is 13.9. The zero-order chi connectivity index (χ0) is 36.9. The summed E-state index contributed by atoms with van der Waals surface area (Å²) in [5.41, 5.74) is 2.23. The van der Waals surface area contributed by atoms with Crippen molar-refractivity contribution in [2.75, 3.05) is 69.0 Å². The van der Waals surface area contributed by atoms with Crippen molar-refractivity contribution in [3.8, 4) is 5.75 Å². The van der Waals surface area contributed by atoms with Crippen molar-refractivity contribution in [2.45, 2.75) is 72.0 Å². The number of likely N-dealkylation sites (tertiary alicyclic amines) is 1. The number of rotatable bonds is 12. The molecule has 2 aliphatic heterocycles. The Balaban J connectivity index is 1.35. The molecule has 4 N–H and O–H groups in total. The molecule has 1 aromatic heterocycles. The number of carbonyl (C=O) groups is 3. The van der Waals surface area contributed by atoms with E-state index >= 15 is 0 Å². The Morgan fingerprint density at radius 2 is 1.80 bits per heavy atom. The van der Waals surface area contributed by atoms with Gasteiger partial charge in [0.25, 0.3) is 0 Å². The van der Waals surface area contributed by atoms with Crippen LogP contribution in [0.4, 0.5) is 22.9 Å². The lowest BCUT2D eigenvalue weighted by molar-refractivity contribution is -0.143. The van der Waals surface area contributed by atoms with Gasteiger partial charge in [-0.15, -0.1) is 0 Å². The number of amides is 3. The highest BCUT2D eigenvalue weighted by Crippen LogP contribution is 2.36. The van der Waals surface area contributed by atoms with Crippen LogP contribution in [0.1, 0.15) is 53.9 Å². The lowest BCUT2D eigenvalue weighted by Gasteiger charge is -2.36. The third kappa shape index (κ3) is 8.82. The lowest BCUT2D eigenvalue weighted by Crippen LogP contribution is -2.59. The zero-order valence-corrected chi connectivity index (χ0v) is 31.6. The third-order valence-electron chi connectivity index (χ3n) is 9.74. The number of hydrogen-bond donors (Lipinski definition) is 4. The first kappa shape index (κ1) is 38.0. The molecule has 5 rings (SSSR count). The van der Waals surface area contributed by atoms with Gasteiger partial charge >= 0.3 is 0 Å². The van der Waals surface area contributed by atoms with Crippen molar-refractivity contribution >= 4 is 63.1 Å². The molecule has 0 spiro atoms. The predicted molar refractivity (Wildman–Crippen MR) is 203 cm³/mol. The second kappa shape index (κ2) is 16.4. The minimum atomic E-state index is -0.811. The number of carbonyl (C=O) groups excluding carboxylic acids is 3. The second-order valence-electron chi connectivity index (χ2n) is 14.4. The van der Waals surface area contributed by atoms with Crippen molar-refractivity contribution in [2.24, 2.45) is 5.41 Å². The summed E-state index contributed by atoms with van der Waals surface area (Å²) in [4.78, 5) is 56.0. The van der Waals surface area contributed by atoms with E-state index < -0.39 is 23.5 Å². The minimum absolute atomic E-state index is 0.280. The van der Waals surface area contributed by atoms with Gasteiger partial charge in [-0.25, -0.2) is 9.97 Å². The SMILES string of the molecule is CCCN1CCN(c2ccc(Nc3ncnc4cc(OC)c(NC(=O)[C@@H]5CCCN5C(=O)[C@@H](NC(=O)[C@H](C)NC)C(C)(C)C)cc34)cc2Cl)CC1. The van der Waals surface area contributed by atoms with Crippen LogP contribution in [0.5, 0.6) is 5.75 Å². The van der Waals surface area contributed by atoms with E-state index in [9.17, 15) is 14.4 Å². The molecule has 0 unspecified atom stereocenters. The van der Waals surface area contributed by atoms with E-state index in [4.69, 9.17) is 16.3 Å². The van der Waals surface area contributed by atoms with E-state index in [0.29, 0.717) is 52.6 Å². The van der Waals surface area contributed by atoms with Crippen molar-refractivity contribution in [1.82, 2.24) is 30.4 Å². The van der Waals surface area contributed by atoms with Crippen LogP contribution in [0, 0.1) is 5.41 Å². The number of hydrogen-bond acceptors (Lipinski definition) is 10. The molecule has 0 aliphatic carbocycles. The van der Waals surface area contributed by atoms with Crippen LogP contribution in [-0.2, 0) is 14.4 Å². The van der Waals surface area contributed by atoms with Crippen LogP contribution in [0.3, 0.4) is 0 Å². The van der Waals surface area contributed by atoms with Gasteiger partial charge in [0.2, 0.25) is 17.7 Å². The normalized spacial score (nSPS) is 18.0. The molecule has 0 saturated carbocycles. The summed E-state index contributed by atoms with van der Waals surface area (Å²) in [7, 11) is 3.22. The smallest absolute Gasteiger partial charge is 0.247 e. The van der Waals surface area contributed by atoms with Crippen LogP contribution >= 0.6 is 11.6 Å². The minimum Gasteiger partial charge on any atom is -0.494 e. The quantitative estimate of drug-likeness (QED) is 0.209. The maximum Gasteiger partial charge on any atom is 0.247 e. The molecular formula is C37H52ClN9O4. The fourth-order valence-electron chi connectivity index (χ4n) is 6.69. The van der Waals surface area contributed by atoms with Gasteiger partial charge in [0.15, 0.2) is 0 Å². The highest BCUT2D eigenvalue weighted by atomic mass is 35.5. The maximum atomic E-state index is 13.9. The molecule has 2 saturated heterocycles. The van der Waals surface area contributed by atoms with Gasteiger partial charge in [0, 0.05) is 49.9 Å². The molecule has 14 heteroatoms. The van der Waals surface area contributed by atoms with Crippen LogP contribution < -0.4 is 30.9 Å². The number of piperazine rings is 1. The van der Waals surface area contributed by atoms with Gasteiger partial charge in [-0.3, -0.25) is 19.3 Å². The van der Waals surface area contributed by atoms with E-state index in [1.54, 1.807) is 31.0 Å². The van der Waals surface area contributed by atoms with E-state index in [1.807, 2.05) is 39.0 Å². The largest absolute Gasteiger partial charge is 0.494 e. The first-order valence-electron chi connectivity index (χ1n) is 17.8. The zero-order valence-electron chi connectivity index (χ0n) is 30.8. The molecule has 51 heavy (non-hydrogen) atoms. The van der Waals surface area contributed by atoms with Crippen molar-refractivity contribution in [3.05, 3.63) is 41.7 Å². The summed E-state index contributed by atoms with van der Waals surface area (Å²) in [6.07, 6.45) is 3.77. The van der Waals surface area contributed by atoms with E-state index in [0.717, 1.165) is 50.5 Å². The number of benzene rings is 2. The average Bonchev–Trinajstić information content (AvgIpc) is 3.60. The predicted octanol–water partition coefficient (Wildman–Crippen LogP) is 4.64. The van der Waals surface area contributed by atoms with E-state index in [2.05, 4.69) is 48.0 Å². The fourth-order valence-corrected chi connectivity index (χ4v) is 6.99. The Kier molecular flexibility index (Phi) is 12.3. The van der Waals surface area contributed by atoms with Gasteiger partial charge in [0.1, 0.15) is 30.0 Å². The Bertz CT molecular complexity index is 1720. The summed E-state index contributed by atoms with van der Waals surface area (Å²) < 4.78 is 5.66. The van der Waals surface area contributed by atoms with Gasteiger partial charge < -0.3 is 35.8 Å². The van der Waals surface area contributed by atoms with Crippen molar-refractivity contribution < 1.29 is 19.1 Å².